The zero-order valence-electron chi connectivity index (χ0n) is 16.6. The standard InChI is InChI=1S/C20H32N2O4/c1-6-24-19-12-16(13-21-14(2)17-8-7-11-25-17)9-10-18(19)26-15(3)20(23)22(4)5/h9-10,12,14-15,17,21H,6-8,11,13H2,1-5H3. The Hall–Kier alpha value is -1.79. The molecule has 1 heterocycles. The molecular weight excluding hydrogens is 332 g/mol. The lowest BCUT2D eigenvalue weighted by atomic mass is 10.1. The van der Waals surface area contributed by atoms with Gasteiger partial charge in [0.15, 0.2) is 17.6 Å². The Morgan fingerprint density at radius 1 is 1.35 bits per heavy atom. The monoisotopic (exact) mass is 364 g/mol. The molecule has 0 aliphatic carbocycles. The van der Waals surface area contributed by atoms with E-state index in [0.29, 0.717) is 30.3 Å². The van der Waals surface area contributed by atoms with Crippen LogP contribution >= 0.6 is 0 Å². The van der Waals surface area contributed by atoms with Crippen molar-refractivity contribution in [2.24, 2.45) is 0 Å². The SMILES string of the molecule is CCOc1cc(CNC(C)C2CCCO2)ccc1OC(C)C(=O)N(C)C. The van der Waals surface area contributed by atoms with Gasteiger partial charge in [0.25, 0.3) is 5.91 Å². The molecule has 1 aliphatic heterocycles. The molecule has 0 bridgehead atoms. The predicted octanol–water partition coefficient (Wildman–Crippen LogP) is 2.60. The van der Waals surface area contributed by atoms with Crippen molar-refractivity contribution >= 4 is 5.91 Å². The fraction of sp³-hybridized carbons (Fsp3) is 0.650. The molecule has 1 saturated heterocycles. The molecule has 146 valence electrons. The Kier molecular flexibility index (Phi) is 7.72. The van der Waals surface area contributed by atoms with E-state index in [1.54, 1.807) is 21.0 Å². The first kappa shape index (κ1) is 20.5. The van der Waals surface area contributed by atoms with E-state index in [2.05, 4.69) is 12.2 Å². The summed E-state index contributed by atoms with van der Waals surface area (Å²) >= 11 is 0. The molecule has 0 spiro atoms. The number of benzene rings is 1. The Morgan fingerprint density at radius 2 is 2.12 bits per heavy atom. The van der Waals surface area contributed by atoms with Crippen molar-refractivity contribution in [2.45, 2.75) is 58.4 Å². The number of carbonyl (C=O) groups is 1. The van der Waals surface area contributed by atoms with Gasteiger partial charge in [0.05, 0.1) is 12.7 Å². The first-order chi connectivity index (χ1) is 12.4. The van der Waals surface area contributed by atoms with Crippen LogP contribution in [0.15, 0.2) is 18.2 Å². The molecule has 2 rings (SSSR count). The maximum absolute atomic E-state index is 12.0. The van der Waals surface area contributed by atoms with E-state index >= 15 is 0 Å². The number of amides is 1. The largest absolute Gasteiger partial charge is 0.490 e. The lowest BCUT2D eigenvalue weighted by molar-refractivity contribution is -0.135. The third-order valence-corrected chi connectivity index (χ3v) is 4.55. The van der Waals surface area contributed by atoms with Crippen molar-refractivity contribution in [3.63, 3.8) is 0 Å². The molecule has 0 radical (unpaired) electrons. The summed E-state index contributed by atoms with van der Waals surface area (Å²) in [5, 5.41) is 3.52. The summed E-state index contributed by atoms with van der Waals surface area (Å²) in [6, 6.07) is 6.15. The zero-order chi connectivity index (χ0) is 19.1. The summed E-state index contributed by atoms with van der Waals surface area (Å²) in [6.07, 6.45) is 1.99. The van der Waals surface area contributed by atoms with E-state index in [0.717, 1.165) is 31.6 Å². The highest BCUT2D eigenvalue weighted by atomic mass is 16.5. The quantitative estimate of drug-likeness (QED) is 0.730. The minimum Gasteiger partial charge on any atom is -0.490 e. The van der Waals surface area contributed by atoms with Crippen LogP contribution in [0.5, 0.6) is 11.5 Å². The molecule has 1 aromatic carbocycles. The number of ether oxygens (including phenoxy) is 3. The summed E-state index contributed by atoms with van der Waals surface area (Å²) in [7, 11) is 3.44. The number of nitrogens with zero attached hydrogens (tertiary/aromatic N) is 1. The van der Waals surface area contributed by atoms with Crippen molar-refractivity contribution in [2.75, 3.05) is 27.3 Å². The van der Waals surface area contributed by atoms with Crippen molar-refractivity contribution < 1.29 is 19.0 Å². The van der Waals surface area contributed by atoms with Crippen LogP contribution in [0.1, 0.15) is 39.2 Å². The average molecular weight is 364 g/mol. The maximum Gasteiger partial charge on any atom is 0.262 e. The molecule has 6 heteroatoms. The number of rotatable bonds is 9. The van der Waals surface area contributed by atoms with E-state index in [-0.39, 0.29) is 5.91 Å². The Balaban J connectivity index is 2.01. The summed E-state index contributed by atoms with van der Waals surface area (Å²) in [4.78, 5) is 13.5. The first-order valence-electron chi connectivity index (χ1n) is 9.41. The molecule has 1 aliphatic rings. The van der Waals surface area contributed by atoms with Crippen LogP contribution < -0.4 is 14.8 Å². The average Bonchev–Trinajstić information content (AvgIpc) is 3.15. The molecule has 0 aromatic heterocycles. The molecule has 26 heavy (non-hydrogen) atoms. The molecule has 1 aromatic rings. The lowest BCUT2D eigenvalue weighted by Gasteiger charge is -2.22. The third kappa shape index (κ3) is 5.61. The van der Waals surface area contributed by atoms with E-state index < -0.39 is 6.10 Å². The molecule has 3 atom stereocenters. The summed E-state index contributed by atoms with van der Waals surface area (Å²) in [5.41, 5.74) is 1.11. The Labute approximate surface area is 156 Å². The second kappa shape index (κ2) is 9.78. The van der Waals surface area contributed by atoms with Crippen molar-refractivity contribution in [1.29, 1.82) is 0 Å². The van der Waals surface area contributed by atoms with Crippen molar-refractivity contribution in [3.8, 4) is 11.5 Å². The van der Waals surface area contributed by atoms with Gasteiger partial charge in [-0.2, -0.15) is 0 Å². The molecule has 1 fully saturated rings. The van der Waals surface area contributed by atoms with Crippen molar-refractivity contribution in [1.82, 2.24) is 10.2 Å². The normalized spacial score (nSPS) is 19.0. The highest BCUT2D eigenvalue weighted by molar-refractivity contribution is 5.80. The summed E-state index contributed by atoms with van der Waals surface area (Å²) in [6.45, 7) is 7.97. The van der Waals surface area contributed by atoms with E-state index in [1.807, 2.05) is 25.1 Å². The van der Waals surface area contributed by atoms with E-state index in [1.165, 1.54) is 4.90 Å². The van der Waals surface area contributed by atoms with Crippen LogP contribution in [0, 0.1) is 0 Å². The number of hydrogen-bond donors (Lipinski definition) is 1. The first-order valence-corrected chi connectivity index (χ1v) is 9.41. The van der Waals surface area contributed by atoms with E-state index in [4.69, 9.17) is 14.2 Å². The molecular formula is C20H32N2O4. The molecule has 3 unspecified atom stereocenters. The highest BCUT2D eigenvalue weighted by Crippen LogP contribution is 2.30. The van der Waals surface area contributed by atoms with Crippen LogP contribution in [0.3, 0.4) is 0 Å². The number of likely N-dealkylation sites (N-methyl/N-ethyl adjacent to an activating group) is 1. The predicted molar refractivity (Wildman–Crippen MR) is 102 cm³/mol. The van der Waals surface area contributed by atoms with Gasteiger partial charge < -0.3 is 24.4 Å². The Bertz CT molecular complexity index is 585. The summed E-state index contributed by atoms with van der Waals surface area (Å²) < 4.78 is 17.3. The van der Waals surface area contributed by atoms with Crippen molar-refractivity contribution in [3.05, 3.63) is 23.8 Å². The lowest BCUT2D eigenvalue weighted by Crippen LogP contribution is -2.36. The molecule has 1 N–H and O–H groups in total. The Morgan fingerprint density at radius 3 is 2.73 bits per heavy atom. The van der Waals surface area contributed by atoms with Gasteiger partial charge in [0.1, 0.15) is 0 Å². The van der Waals surface area contributed by atoms with Gasteiger partial charge in [0.2, 0.25) is 0 Å². The van der Waals surface area contributed by atoms with Gasteiger partial charge in [-0.25, -0.2) is 0 Å². The van der Waals surface area contributed by atoms with Gasteiger partial charge >= 0.3 is 0 Å². The molecule has 6 nitrogen and oxygen atoms in total. The fourth-order valence-electron chi connectivity index (χ4n) is 3.04. The highest BCUT2D eigenvalue weighted by Gasteiger charge is 2.22. The maximum atomic E-state index is 12.0. The minimum atomic E-state index is -0.562. The topological polar surface area (TPSA) is 60.0 Å². The zero-order valence-corrected chi connectivity index (χ0v) is 16.6. The van der Waals surface area contributed by atoms with Crippen LogP contribution in [-0.4, -0.2) is 56.4 Å². The van der Waals surface area contributed by atoms with Crippen LogP contribution in [0.25, 0.3) is 0 Å². The smallest absolute Gasteiger partial charge is 0.262 e. The van der Waals surface area contributed by atoms with Gasteiger partial charge in [-0.3, -0.25) is 4.79 Å². The minimum absolute atomic E-state index is 0.0800. The second-order valence-corrected chi connectivity index (χ2v) is 6.93. The third-order valence-electron chi connectivity index (χ3n) is 4.55. The van der Waals surface area contributed by atoms with Gasteiger partial charge in [-0.05, 0) is 51.3 Å². The second-order valence-electron chi connectivity index (χ2n) is 6.93. The van der Waals surface area contributed by atoms with Gasteiger partial charge in [-0.1, -0.05) is 6.07 Å². The number of hydrogen-bond acceptors (Lipinski definition) is 5. The number of carbonyl (C=O) groups excluding carboxylic acids is 1. The van der Waals surface area contributed by atoms with Gasteiger partial charge in [0, 0.05) is 33.3 Å². The molecule has 1 amide bonds. The van der Waals surface area contributed by atoms with Crippen LogP contribution in [0.4, 0.5) is 0 Å². The van der Waals surface area contributed by atoms with Gasteiger partial charge in [-0.15, -0.1) is 0 Å². The van der Waals surface area contributed by atoms with Crippen LogP contribution in [0.2, 0.25) is 0 Å². The summed E-state index contributed by atoms with van der Waals surface area (Å²) in [5.74, 6) is 1.17. The fourth-order valence-corrected chi connectivity index (χ4v) is 3.04. The molecule has 0 saturated carbocycles. The van der Waals surface area contributed by atoms with E-state index in [9.17, 15) is 4.79 Å². The number of nitrogens with one attached hydrogen (secondary N) is 1. The van der Waals surface area contributed by atoms with Crippen LogP contribution in [-0.2, 0) is 16.1 Å².